The molecule has 1 aromatic carbocycles. The minimum atomic E-state index is 0.681. The zero-order valence-electron chi connectivity index (χ0n) is 9.57. The van der Waals surface area contributed by atoms with Crippen LogP contribution in [-0.4, -0.2) is 9.97 Å². The Morgan fingerprint density at radius 3 is 2.76 bits per heavy atom. The smallest absolute Gasteiger partial charge is 0.0866 e. The SMILES string of the molecule is Cc1ccc2cc(-c3ccc(N)cn3)[nH]c2c1. The molecule has 0 bridgehead atoms. The number of aromatic amines is 1. The number of hydrogen-bond donors (Lipinski definition) is 2. The summed E-state index contributed by atoms with van der Waals surface area (Å²) in [7, 11) is 0. The molecule has 84 valence electrons. The summed E-state index contributed by atoms with van der Waals surface area (Å²) in [6.45, 7) is 2.08. The fraction of sp³-hybridized carbons (Fsp3) is 0.0714. The minimum absolute atomic E-state index is 0.681. The van der Waals surface area contributed by atoms with Gasteiger partial charge in [-0.3, -0.25) is 4.98 Å². The predicted octanol–water partition coefficient (Wildman–Crippen LogP) is 3.12. The molecule has 0 fully saturated rings. The highest BCUT2D eigenvalue weighted by Crippen LogP contribution is 2.23. The van der Waals surface area contributed by atoms with Crippen molar-refractivity contribution in [3.8, 4) is 11.4 Å². The van der Waals surface area contributed by atoms with Crippen LogP contribution < -0.4 is 5.73 Å². The zero-order chi connectivity index (χ0) is 11.8. The first kappa shape index (κ1) is 9.90. The van der Waals surface area contributed by atoms with Gasteiger partial charge in [0.15, 0.2) is 0 Å². The number of H-pyrrole nitrogens is 1. The molecule has 0 aliphatic carbocycles. The van der Waals surface area contributed by atoms with Gasteiger partial charge >= 0.3 is 0 Å². The van der Waals surface area contributed by atoms with Crippen LogP contribution in [0.15, 0.2) is 42.6 Å². The number of fused-ring (bicyclic) bond motifs is 1. The summed E-state index contributed by atoms with van der Waals surface area (Å²) in [4.78, 5) is 7.68. The molecule has 0 saturated heterocycles. The molecule has 0 aliphatic heterocycles. The maximum absolute atomic E-state index is 5.63. The lowest BCUT2D eigenvalue weighted by Crippen LogP contribution is -1.87. The highest BCUT2D eigenvalue weighted by molar-refractivity contribution is 5.85. The summed E-state index contributed by atoms with van der Waals surface area (Å²) in [5, 5.41) is 1.20. The van der Waals surface area contributed by atoms with Crippen LogP contribution in [0.4, 0.5) is 5.69 Å². The van der Waals surface area contributed by atoms with Crippen LogP contribution in [0.25, 0.3) is 22.3 Å². The van der Waals surface area contributed by atoms with Gasteiger partial charge in [0.1, 0.15) is 0 Å². The van der Waals surface area contributed by atoms with E-state index in [1.54, 1.807) is 6.20 Å². The lowest BCUT2D eigenvalue weighted by atomic mass is 10.2. The van der Waals surface area contributed by atoms with Gasteiger partial charge < -0.3 is 10.7 Å². The maximum Gasteiger partial charge on any atom is 0.0866 e. The van der Waals surface area contributed by atoms with E-state index in [9.17, 15) is 0 Å². The topological polar surface area (TPSA) is 54.7 Å². The van der Waals surface area contributed by atoms with E-state index in [0.29, 0.717) is 5.69 Å². The van der Waals surface area contributed by atoms with Crippen LogP contribution in [-0.2, 0) is 0 Å². The van der Waals surface area contributed by atoms with Crippen LogP contribution in [0.3, 0.4) is 0 Å². The third-order valence-electron chi connectivity index (χ3n) is 2.84. The van der Waals surface area contributed by atoms with Crippen LogP contribution in [0.2, 0.25) is 0 Å². The molecule has 3 N–H and O–H groups in total. The molecule has 3 nitrogen and oxygen atoms in total. The molecule has 0 amide bonds. The number of rotatable bonds is 1. The highest BCUT2D eigenvalue weighted by atomic mass is 14.8. The first-order valence-electron chi connectivity index (χ1n) is 5.54. The molecule has 0 unspecified atom stereocenters. The Morgan fingerprint density at radius 1 is 1.12 bits per heavy atom. The van der Waals surface area contributed by atoms with Gasteiger partial charge in [-0.15, -0.1) is 0 Å². The third-order valence-corrected chi connectivity index (χ3v) is 2.84. The minimum Gasteiger partial charge on any atom is -0.397 e. The number of nitrogens with two attached hydrogens (primary N) is 1. The van der Waals surface area contributed by atoms with E-state index in [-0.39, 0.29) is 0 Å². The van der Waals surface area contributed by atoms with Gasteiger partial charge in [-0.1, -0.05) is 12.1 Å². The number of nitrogens with zero attached hydrogens (tertiary/aromatic N) is 1. The van der Waals surface area contributed by atoms with Crippen molar-refractivity contribution in [3.05, 3.63) is 48.2 Å². The molecule has 0 radical (unpaired) electrons. The standard InChI is InChI=1S/C14H13N3/c1-9-2-3-10-7-14(17-13(10)6-9)12-5-4-11(15)8-16-12/h2-8,17H,15H2,1H3. The van der Waals surface area contributed by atoms with Crippen molar-refractivity contribution in [2.45, 2.75) is 6.92 Å². The van der Waals surface area contributed by atoms with Gasteiger partial charge in [0.2, 0.25) is 0 Å². The number of nitrogen functional groups attached to an aromatic ring is 1. The van der Waals surface area contributed by atoms with E-state index >= 15 is 0 Å². The summed E-state index contributed by atoms with van der Waals surface area (Å²) in [5.41, 5.74) is 10.6. The number of aryl methyl sites for hydroxylation is 1. The average molecular weight is 223 g/mol. The first-order valence-corrected chi connectivity index (χ1v) is 5.54. The number of anilines is 1. The van der Waals surface area contributed by atoms with E-state index in [4.69, 9.17) is 5.73 Å². The van der Waals surface area contributed by atoms with Crippen molar-refractivity contribution in [2.75, 3.05) is 5.73 Å². The molecule has 0 saturated carbocycles. The first-order chi connectivity index (χ1) is 8.22. The molecule has 0 atom stereocenters. The lowest BCUT2D eigenvalue weighted by Gasteiger charge is -1.96. The highest BCUT2D eigenvalue weighted by Gasteiger charge is 2.04. The van der Waals surface area contributed by atoms with E-state index in [2.05, 4.69) is 41.2 Å². The zero-order valence-corrected chi connectivity index (χ0v) is 9.57. The summed E-state index contributed by atoms with van der Waals surface area (Å²) in [6, 6.07) is 12.2. The Bertz CT molecular complexity index is 666. The summed E-state index contributed by atoms with van der Waals surface area (Å²) in [5.74, 6) is 0. The number of hydrogen-bond acceptors (Lipinski definition) is 2. The number of aromatic nitrogens is 2. The van der Waals surface area contributed by atoms with E-state index in [0.717, 1.165) is 16.9 Å². The van der Waals surface area contributed by atoms with E-state index in [1.165, 1.54) is 10.9 Å². The van der Waals surface area contributed by atoms with Crippen molar-refractivity contribution in [1.82, 2.24) is 9.97 Å². The molecule has 3 heteroatoms. The Hall–Kier alpha value is -2.29. The average Bonchev–Trinajstić information content (AvgIpc) is 2.72. The Morgan fingerprint density at radius 2 is 2.00 bits per heavy atom. The van der Waals surface area contributed by atoms with Crippen molar-refractivity contribution in [2.24, 2.45) is 0 Å². The normalized spacial score (nSPS) is 10.9. The quantitative estimate of drug-likeness (QED) is 0.666. The summed E-state index contributed by atoms with van der Waals surface area (Å²) < 4.78 is 0. The van der Waals surface area contributed by atoms with Crippen molar-refractivity contribution in [3.63, 3.8) is 0 Å². The number of nitrogens with one attached hydrogen (secondary N) is 1. The molecule has 2 heterocycles. The maximum atomic E-state index is 5.63. The fourth-order valence-corrected chi connectivity index (χ4v) is 1.94. The molecule has 0 aliphatic rings. The largest absolute Gasteiger partial charge is 0.397 e. The molecule has 17 heavy (non-hydrogen) atoms. The predicted molar refractivity (Wildman–Crippen MR) is 70.7 cm³/mol. The van der Waals surface area contributed by atoms with Crippen molar-refractivity contribution >= 4 is 16.6 Å². The number of pyridine rings is 1. The third kappa shape index (κ3) is 1.76. The van der Waals surface area contributed by atoms with Crippen molar-refractivity contribution < 1.29 is 0 Å². The van der Waals surface area contributed by atoms with Crippen molar-refractivity contribution in [1.29, 1.82) is 0 Å². The molecule has 3 aromatic rings. The van der Waals surface area contributed by atoms with Crippen LogP contribution in [0.1, 0.15) is 5.56 Å². The van der Waals surface area contributed by atoms with Gasteiger partial charge in [-0.05, 0) is 36.8 Å². The van der Waals surface area contributed by atoms with Gasteiger partial charge in [0.25, 0.3) is 0 Å². The summed E-state index contributed by atoms with van der Waals surface area (Å²) in [6.07, 6.45) is 1.67. The van der Waals surface area contributed by atoms with Gasteiger partial charge in [-0.2, -0.15) is 0 Å². The van der Waals surface area contributed by atoms with Crippen LogP contribution >= 0.6 is 0 Å². The number of benzene rings is 1. The fourth-order valence-electron chi connectivity index (χ4n) is 1.94. The molecular weight excluding hydrogens is 210 g/mol. The van der Waals surface area contributed by atoms with Gasteiger partial charge in [-0.25, -0.2) is 0 Å². The molecule has 2 aromatic heterocycles. The second-order valence-corrected chi connectivity index (χ2v) is 4.25. The Labute approximate surface area is 99.3 Å². The van der Waals surface area contributed by atoms with E-state index in [1.807, 2.05) is 12.1 Å². The van der Waals surface area contributed by atoms with Gasteiger partial charge in [0, 0.05) is 10.9 Å². The van der Waals surface area contributed by atoms with E-state index < -0.39 is 0 Å². The second kappa shape index (κ2) is 3.63. The Balaban J connectivity index is 2.14. The lowest BCUT2D eigenvalue weighted by molar-refractivity contribution is 1.29. The molecule has 0 spiro atoms. The van der Waals surface area contributed by atoms with Gasteiger partial charge in [0.05, 0.1) is 23.3 Å². The molecule has 3 rings (SSSR count). The van der Waals surface area contributed by atoms with Crippen LogP contribution in [0, 0.1) is 6.92 Å². The monoisotopic (exact) mass is 223 g/mol. The van der Waals surface area contributed by atoms with Crippen LogP contribution in [0.5, 0.6) is 0 Å². The molecular formula is C14H13N3. The Kier molecular flexibility index (Phi) is 2.11. The summed E-state index contributed by atoms with van der Waals surface area (Å²) >= 11 is 0. The second-order valence-electron chi connectivity index (χ2n) is 4.25.